The third-order valence-corrected chi connectivity index (χ3v) is 7.18. The number of carbonyl (C=O) groups is 1. The van der Waals surface area contributed by atoms with Crippen LogP contribution in [-0.4, -0.2) is 33.1 Å². The van der Waals surface area contributed by atoms with Gasteiger partial charge in [0.05, 0.1) is 13.7 Å². The van der Waals surface area contributed by atoms with Crippen molar-refractivity contribution in [2.75, 3.05) is 19.0 Å². The van der Waals surface area contributed by atoms with E-state index in [-0.39, 0.29) is 12.6 Å². The Labute approximate surface area is 166 Å². The van der Waals surface area contributed by atoms with E-state index in [0.717, 1.165) is 33.8 Å². The first kappa shape index (κ1) is 21.0. The average Bonchev–Trinajstić information content (AvgIpc) is 2.96. The van der Waals surface area contributed by atoms with Crippen molar-refractivity contribution in [1.82, 2.24) is 0 Å². The number of esters is 1. The Morgan fingerprint density at radius 2 is 2.00 bits per heavy atom. The maximum atomic E-state index is 12.4. The molecule has 0 atom stereocenters. The molecule has 26 heavy (non-hydrogen) atoms. The highest BCUT2D eigenvalue weighted by Gasteiger charge is 2.33. The number of carbonyl (C=O) groups excluding carboxylic acids is 1. The normalized spacial score (nSPS) is 14.3. The molecule has 0 radical (unpaired) electrons. The number of benzene rings is 1. The van der Waals surface area contributed by atoms with E-state index < -0.39 is 8.07 Å². The molecule has 144 valence electrons. The van der Waals surface area contributed by atoms with Gasteiger partial charge in [0.1, 0.15) is 23.7 Å². The lowest BCUT2D eigenvalue weighted by molar-refractivity contribution is 0.0532. The summed E-state index contributed by atoms with van der Waals surface area (Å²) < 4.78 is 17.2. The molecule has 6 heteroatoms. The van der Waals surface area contributed by atoms with E-state index in [1.165, 1.54) is 5.57 Å². The third kappa shape index (κ3) is 4.71. The number of allylic oxidation sites excluding steroid dienone is 2. The molecule has 1 aromatic rings. The van der Waals surface area contributed by atoms with Gasteiger partial charge in [-0.15, -0.1) is 0 Å². The van der Waals surface area contributed by atoms with Crippen LogP contribution in [0, 0.1) is 6.92 Å². The fourth-order valence-electron chi connectivity index (χ4n) is 2.96. The summed E-state index contributed by atoms with van der Waals surface area (Å²) in [5, 5.41) is 0.813. The number of hydrogen-bond acceptors (Lipinski definition) is 4. The highest BCUT2D eigenvalue weighted by Crippen LogP contribution is 2.43. The van der Waals surface area contributed by atoms with Gasteiger partial charge in [0.15, 0.2) is 0 Å². The summed E-state index contributed by atoms with van der Waals surface area (Å²) >= 11 is 3.48. The fraction of sp³-hybridized carbons (Fsp3) is 0.550. The maximum Gasteiger partial charge on any atom is 0.342 e. The van der Waals surface area contributed by atoms with Crippen molar-refractivity contribution >= 4 is 30.0 Å². The first-order valence-electron chi connectivity index (χ1n) is 8.93. The number of methoxy groups -OCH3 is 1. The largest absolute Gasteiger partial charge is 0.496 e. The second-order valence-electron chi connectivity index (χ2n) is 7.94. The van der Waals surface area contributed by atoms with Gasteiger partial charge in [0.25, 0.3) is 0 Å². The van der Waals surface area contributed by atoms with Crippen LogP contribution in [-0.2, 0) is 17.8 Å². The summed E-state index contributed by atoms with van der Waals surface area (Å²) in [6.45, 7) is 11.9. The molecule has 0 aromatic heterocycles. The van der Waals surface area contributed by atoms with Gasteiger partial charge in [-0.3, -0.25) is 0 Å². The molecule has 0 saturated heterocycles. The highest BCUT2D eigenvalue weighted by molar-refractivity contribution is 9.09. The first-order chi connectivity index (χ1) is 12.2. The van der Waals surface area contributed by atoms with Gasteiger partial charge in [-0.2, -0.15) is 0 Å². The summed E-state index contributed by atoms with van der Waals surface area (Å²) in [6, 6.07) is 1.03. The molecule has 1 aliphatic rings. The Morgan fingerprint density at radius 1 is 1.31 bits per heavy atom. The molecule has 1 heterocycles. The predicted molar refractivity (Wildman–Crippen MR) is 112 cm³/mol. The van der Waals surface area contributed by atoms with Gasteiger partial charge in [-0.1, -0.05) is 47.2 Å². The molecule has 2 rings (SSSR count). The number of cyclic esters (lactones) is 1. The Hall–Kier alpha value is -1.27. The third-order valence-electron chi connectivity index (χ3n) is 4.59. The van der Waals surface area contributed by atoms with Crippen molar-refractivity contribution in [3.63, 3.8) is 0 Å². The molecule has 1 aliphatic heterocycles. The number of hydrogen-bond donors (Lipinski definition) is 0. The van der Waals surface area contributed by atoms with Crippen LogP contribution in [0.5, 0.6) is 11.5 Å². The lowest BCUT2D eigenvalue weighted by atomic mass is 9.95. The van der Waals surface area contributed by atoms with Crippen LogP contribution in [0.4, 0.5) is 0 Å². The van der Waals surface area contributed by atoms with Crippen molar-refractivity contribution in [1.29, 1.82) is 0 Å². The van der Waals surface area contributed by atoms with Gasteiger partial charge in [-0.25, -0.2) is 4.79 Å². The summed E-state index contributed by atoms with van der Waals surface area (Å²) in [6.07, 6.45) is 2.80. The minimum Gasteiger partial charge on any atom is -0.496 e. The van der Waals surface area contributed by atoms with Gasteiger partial charge in [0.2, 0.25) is 0 Å². The topological polar surface area (TPSA) is 44.8 Å². The lowest BCUT2D eigenvalue weighted by Gasteiger charge is -2.21. The summed E-state index contributed by atoms with van der Waals surface area (Å²) in [7, 11) is 0.433. The van der Waals surface area contributed by atoms with Gasteiger partial charge in [0, 0.05) is 24.5 Å². The van der Waals surface area contributed by atoms with Crippen molar-refractivity contribution in [3.05, 3.63) is 33.9 Å². The molecule has 0 spiro atoms. The minimum atomic E-state index is -1.24. The van der Waals surface area contributed by atoms with E-state index >= 15 is 0 Å². The van der Waals surface area contributed by atoms with Gasteiger partial charge >= 0.3 is 5.97 Å². The van der Waals surface area contributed by atoms with E-state index in [0.29, 0.717) is 24.3 Å². The number of alkyl halides is 1. The minimum absolute atomic E-state index is 0.289. The van der Waals surface area contributed by atoms with Crippen LogP contribution in [0.3, 0.4) is 0 Å². The average molecular weight is 441 g/mol. The molecule has 0 fully saturated rings. The number of ether oxygens (including phenoxy) is 3. The lowest BCUT2D eigenvalue weighted by Crippen LogP contribution is -2.23. The SMILES string of the molecule is COc1c(C)c2c(c(OCC[Si](C)(C)C)c1C/C=C(\C)CBr)C(=O)OC2. The van der Waals surface area contributed by atoms with Crippen molar-refractivity contribution in [2.24, 2.45) is 0 Å². The summed E-state index contributed by atoms with van der Waals surface area (Å²) in [4.78, 5) is 12.4. The Balaban J connectivity index is 2.53. The predicted octanol–water partition coefficient (Wildman–Crippen LogP) is 5.27. The van der Waals surface area contributed by atoms with E-state index in [1.54, 1.807) is 7.11 Å². The molecule has 4 nitrogen and oxygen atoms in total. The maximum absolute atomic E-state index is 12.4. The van der Waals surface area contributed by atoms with Gasteiger partial charge < -0.3 is 14.2 Å². The van der Waals surface area contributed by atoms with Crippen LogP contribution in [0.25, 0.3) is 0 Å². The number of rotatable bonds is 8. The van der Waals surface area contributed by atoms with Crippen LogP contribution < -0.4 is 9.47 Å². The zero-order valence-corrected chi connectivity index (χ0v) is 19.2. The zero-order chi connectivity index (χ0) is 19.5. The van der Waals surface area contributed by atoms with Crippen LogP contribution in [0.1, 0.15) is 34.0 Å². The molecule has 0 N–H and O–H groups in total. The van der Waals surface area contributed by atoms with Crippen molar-refractivity contribution < 1.29 is 19.0 Å². The molecule has 0 saturated carbocycles. The molecule has 0 bridgehead atoms. The molecule has 0 unspecified atom stereocenters. The van der Waals surface area contributed by atoms with Gasteiger partial charge in [-0.05, 0) is 31.9 Å². The molecular formula is C20H29BrO4Si. The van der Waals surface area contributed by atoms with E-state index in [9.17, 15) is 4.79 Å². The number of fused-ring (bicyclic) bond motifs is 1. The van der Waals surface area contributed by atoms with Crippen LogP contribution >= 0.6 is 15.9 Å². The van der Waals surface area contributed by atoms with E-state index in [4.69, 9.17) is 14.2 Å². The Bertz CT molecular complexity index is 720. The summed E-state index contributed by atoms with van der Waals surface area (Å²) in [5.74, 6) is 1.14. The molecule has 1 aromatic carbocycles. The highest BCUT2D eigenvalue weighted by atomic mass is 79.9. The number of halogens is 1. The molecular weight excluding hydrogens is 412 g/mol. The smallest absolute Gasteiger partial charge is 0.342 e. The fourth-order valence-corrected chi connectivity index (χ4v) is 3.90. The van der Waals surface area contributed by atoms with Crippen molar-refractivity contribution in [3.8, 4) is 11.5 Å². The zero-order valence-electron chi connectivity index (χ0n) is 16.6. The molecule has 0 aliphatic carbocycles. The Morgan fingerprint density at radius 3 is 2.58 bits per heavy atom. The second kappa shape index (κ2) is 8.61. The summed E-state index contributed by atoms with van der Waals surface area (Å²) in [5.41, 5.74) is 4.59. The van der Waals surface area contributed by atoms with Crippen LogP contribution in [0.15, 0.2) is 11.6 Å². The monoisotopic (exact) mass is 440 g/mol. The second-order valence-corrected chi connectivity index (χ2v) is 14.1. The Kier molecular flexibility index (Phi) is 6.97. The first-order valence-corrected chi connectivity index (χ1v) is 13.8. The quantitative estimate of drug-likeness (QED) is 0.239. The van der Waals surface area contributed by atoms with E-state index in [1.807, 2.05) is 6.92 Å². The standard InChI is InChI=1S/C20H29BrO4Si/c1-13(11-21)7-8-15-18(23-3)14(2)16-12-25-20(22)17(16)19(15)24-9-10-26(4,5)6/h7H,8-12H2,1-6H3/b13-7+. The molecule has 0 amide bonds. The van der Waals surface area contributed by atoms with Crippen LogP contribution in [0.2, 0.25) is 25.7 Å². The van der Waals surface area contributed by atoms with E-state index in [2.05, 4.69) is 48.6 Å². The van der Waals surface area contributed by atoms with Crippen molar-refractivity contribution in [2.45, 2.75) is 52.6 Å².